The highest BCUT2D eigenvalue weighted by Gasteiger charge is 2.30. The van der Waals surface area contributed by atoms with Crippen molar-refractivity contribution < 1.29 is 9.90 Å². The SMILES string of the molecule is CCCCCCCCc1ccc2c(c1)CCC(C(CN)C(=O)O)C2. The summed E-state index contributed by atoms with van der Waals surface area (Å²) < 4.78 is 0. The molecule has 0 amide bonds. The van der Waals surface area contributed by atoms with Gasteiger partial charge in [-0.3, -0.25) is 4.79 Å². The predicted octanol–water partition coefficient (Wildman–Crippen LogP) is 4.35. The van der Waals surface area contributed by atoms with E-state index in [1.807, 2.05) is 0 Å². The molecule has 1 aliphatic carbocycles. The van der Waals surface area contributed by atoms with E-state index in [0.29, 0.717) is 0 Å². The van der Waals surface area contributed by atoms with Gasteiger partial charge in [-0.2, -0.15) is 0 Å². The maximum absolute atomic E-state index is 11.3. The van der Waals surface area contributed by atoms with Crippen LogP contribution in [0, 0.1) is 11.8 Å². The Morgan fingerprint density at radius 3 is 2.67 bits per heavy atom. The number of carbonyl (C=O) groups is 1. The number of carboxylic acid groups (broad SMARTS) is 1. The van der Waals surface area contributed by atoms with Crippen LogP contribution in [0.2, 0.25) is 0 Å². The molecule has 1 aliphatic rings. The van der Waals surface area contributed by atoms with Gasteiger partial charge in [0, 0.05) is 6.54 Å². The lowest BCUT2D eigenvalue weighted by atomic mass is 9.76. The van der Waals surface area contributed by atoms with Crippen molar-refractivity contribution in [2.75, 3.05) is 6.54 Å². The highest BCUT2D eigenvalue weighted by molar-refractivity contribution is 5.70. The van der Waals surface area contributed by atoms with E-state index in [9.17, 15) is 9.90 Å². The van der Waals surface area contributed by atoms with Crippen molar-refractivity contribution in [1.29, 1.82) is 0 Å². The van der Waals surface area contributed by atoms with Gasteiger partial charge >= 0.3 is 5.97 Å². The van der Waals surface area contributed by atoms with E-state index < -0.39 is 11.9 Å². The Balaban J connectivity index is 1.86. The van der Waals surface area contributed by atoms with Crippen LogP contribution in [0.4, 0.5) is 0 Å². The molecule has 134 valence electrons. The summed E-state index contributed by atoms with van der Waals surface area (Å²) >= 11 is 0. The average molecular weight is 332 g/mol. The molecule has 2 atom stereocenters. The molecule has 0 bridgehead atoms. The van der Waals surface area contributed by atoms with Gasteiger partial charge in [-0.05, 0) is 54.7 Å². The highest BCUT2D eigenvalue weighted by atomic mass is 16.4. The highest BCUT2D eigenvalue weighted by Crippen LogP contribution is 2.31. The van der Waals surface area contributed by atoms with E-state index in [1.54, 1.807) is 0 Å². The fourth-order valence-electron chi connectivity index (χ4n) is 3.94. The fraction of sp³-hybridized carbons (Fsp3) is 0.667. The summed E-state index contributed by atoms with van der Waals surface area (Å²) in [7, 11) is 0. The fourth-order valence-corrected chi connectivity index (χ4v) is 3.94. The van der Waals surface area contributed by atoms with E-state index in [-0.39, 0.29) is 12.5 Å². The second kappa shape index (κ2) is 9.83. The molecule has 0 fully saturated rings. The average Bonchev–Trinajstić information content (AvgIpc) is 2.58. The standard InChI is InChI=1S/C21H33NO2/c1-2-3-4-5-6-7-8-16-9-10-18-14-19(12-11-17(18)13-16)20(15-22)21(23)24/h9-10,13,19-20H,2-8,11-12,14-15,22H2,1H3,(H,23,24). The van der Waals surface area contributed by atoms with E-state index in [2.05, 4.69) is 25.1 Å². The molecule has 3 heteroatoms. The van der Waals surface area contributed by atoms with Crippen molar-refractivity contribution in [2.45, 2.75) is 71.1 Å². The van der Waals surface area contributed by atoms with Gasteiger partial charge in [-0.25, -0.2) is 0 Å². The van der Waals surface area contributed by atoms with Gasteiger partial charge in [0.25, 0.3) is 0 Å². The van der Waals surface area contributed by atoms with Crippen LogP contribution in [-0.4, -0.2) is 17.6 Å². The quantitative estimate of drug-likeness (QED) is 0.626. The first kappa shape index (κ1) is 19.0. The zero-order valence-electron chi connectivity index (χ0n) is 15.1. The summed E-state index contributed by atoms with van der Waals surface area (Å²) in [5.41, 5.74) is 9.87. The largest absolute Gasteiger partial charge is 0.481 e. The minimum atomic E-state index is -0.745. The molecule has 3 nitrogen and oxygen atoms in total. The first-order chi connectivity index (χ1) is 11.7. The molecule has 3 N–H and O–H groups in total. The van der Waals surface area contributed by atoms with Crippen molar-refractivity contribution in [3.05, 3.63) is 34.9 Å². The minimum Gasteiger partial charge on any atom is -0.481 e. The van der Waals surface area contributed by atoms with E-state index in [1.165, 1.54) is 61.6 Å². The number of unbranched alkanes of at least 4 members (excludes halogenated alkanes) is 5. The molecular formula is C21H33NO2. The smallest absolute Gasteiger partial charge is 0.308 e. The summed E-state index contributed by atoms with van der Waals surface area (Å²) in [6.07, 6.45) is 12.0. The van der Waals surface area contributed by atoms with Gasteiger partial charge in [0.1, 0.15) is 0 Å². The third kappa shape index (κ3) is 5.34. The Labute approximate surface area is 146 Å². The predicted molar refractivity (Wildman–Crippen MR) is 99.2 cm³/mol. The minimum absolute atomic E-state index is 0.185. The van der Waals surface area contributed by atoms with Gasteiger partial charge in [0.05, 0.1) is 5.92 Å². The first-order valence-corrected chi connectivity index (χ1v) is 9.69. The number of carboxylic acids is 1. The number of hydrogen-bond donors (Lipinski definition) is 2. The van der Waals surface area contributed by atoms with Crippen LogP contribution in [0.1, 0.15) is 68.6 Å². The van der Waals surface area contributed by atoms with E-state index in [4.69, 9.17) is 5.73 Å². The first-order valence-electron chi connectivity index (χ1n) is 9.69. The van der Waals surface area contributed by atoms with Crippen LogP contribution in [-0.2, 0) is 24.1 Å². The van der Waals surface area contributed by atoms with E-state index in [0.717, 1.165) is 19.3 Å². The van der Waals surface area contributed by atoms with Crippen LogP contribution >= 0.6 is 0 Å². The lowest BCUT2D eigenvalue weighted by Crippen LogP contribution is -2.34. The normalized spacial score (nSPS) is 18.2. The molecule has 2 rings (SSSR count). The van der Waals surface area contributed by atoms with Crippen molar-refractivity contribution in [2.24, 2.45) is 17.6 Å². The van der Waals surface area contributed by atoms with Crippen molar-refractivity contribution in [3.8, 4) is 0 Å². The number of aryl methyl sites for hydroxylation is 2. The Bertz CT molecular complexity index is 527. The van der Waals surface area contributed by atoms with Gasteiger partial charge < -0.3 is 10.8 Å². The molecule has 1 aromatic carbocycles. The van der Waals surface area contributed by atoms with Crippen molar-refractivity contribution in [1.82, 2.24) is 0 Å². The Morgan fingerprint density at radius 1 is 1.21 bits per heavy atom. The summed E-state index contributed by atoms with van der Waals surface area (Å²) in [5, 5.41) is 9.31. The second-order valence-corrected chi connectivity index (χ2v) is 7.30. The second-order valence-electron chi connectivity index (χ2n) is 7.30. The summed E-state index contributed by atoms with van der Waals surface area (Å²) in [4.78, 5) is 11.3. The van der Waals surface area contributed by atoms with Crippen molar-refractivity contribution in [3.63, 3.8) is 0 Å². The van der Waals surface area contributed by atoms with Crippen LogP contribution in [0.25, 0.3) is 0 Å². The number of fused-ring (bicyclic) bond motifs is 1. The lowest BCUT2D eigenvalue weighted by Gasteiger charge is -2.29. The molecule has 24 heavy (non-hydrogen) atoms. The maximum Gasteiger partial charge on any atom is 0.308 e. The van der Waals surface area contributed by atoms with Gasteiger partial charge in [0.15, 0.2) is 0 Å². The third-order valence-electron chi connectivity index (χ3n) is 5.50. The lowest BCUT2D eigenvalue weighted by molar-refractivity contribution is -0.143. The van der Waals surface area contributed by atoms with Crippen LogP contribution < -0.4 is 5.73 Å². The monoisotopic (exact) mass is 331 g/mol. The molecule has 0 saturated carbocycles. The number of benzene rings is 1. The van der Waals surface area contributed by atoms with Crippen LogP contribution in [0.15, 0.2) is 18.2 Å². The van der Waals surface area contributed by atoms with Gasteiger partial charge in [-0.15, -0.1) is 0 Å². The topological polar surface area (TPSA) is 63.3 Å². The maximum atomic E-state index is 11.3. The molecule has 0 aromatic heterocycles. The molecule has 0 radical (unpaired) electrons. The molecule has 0 aliphatic heterocycles. The van der Waals surface area contributed by atoms with Crippen LogP contribution in [0.5, 0.6) is 0 Å². The summed E-state index contributed by atoms with van der Waals surface area (Å²) in [5.74, 6) is -0.962. The molecule has 0 heterocycles. The number of nitrogens with two attached hydrogens (primary N) is 1. The summed E-state index contributed by atoms with van der Waals surface area (Å²) in [6.45, 7) is 2.50. The molecule has 0 spiro atoms. The van der Waals surface area contributed by atoms with Gasteiger partial charge in [-0.1, -0.05) is 57.2 Å². The molecular weight excluding hydrogens is 298 g/mol. The zero-order valence-corrected chi connectivity index (χ0v) is 15.1. The molecule has 1 aromatic rings. The van der Waals surface area contributed by atoms with Crippen molar-refractivity contribution >= 4 is 5.97 Å². The molecule has 0 saturated heterocycles. The zero-order chi connectivity index (χ0) is 17.4. The third-order valence-corrected chi connectivity index (χ3v) is 5.50. The number of rotatable bonds is 10. The number of hydrogen-bond acceptors (Lipinski definition) is 2. The van der Waals surface area contributed by atoms with E-state index >= 15 is 0 Å². The Hall–Kier alpha value is -1.35. The molecule has 2 unspecified atom stereocenters. The van der Waals surface area contributed by atoms with Crippen LogP contribution in [0.3, 0.4) is 0 Å². The van der Waals surface area contributed by atoms with Gasteiger partial charge in [0.2, 0.25) is 0 Å². The summed E-state index contributed by atoms with van der Waals surface area (Å²) in [6, 6.07) is 6.82. The Morgan fingerprint density at radius 2 is 1.96 bits per heavy atom. The Kier molecular flexibility index (Phi) is 7.77. The number of aliphatic carboxylic acids is 1.